The lowest BCUT2D eigenvalue weighted by atomic mass is 9.84. The Morgan fingerprint density at radius 2 is 1.83 bits per heavy atom. The first-order chi connectivity index (χ1) is 11.0. The van der Waals surface area contributed by atoms with E-state index in [9.17, 15) is 18.4 Å². The Morgan fingerprint density at radius 1 is 1.12 bits per heavy atom. The van der Waals surface area contributed by atoms with E-state index in [0.717, 1.165) is 37.8 Å². The number of Topliss-reactive ketones (excluding diaryl/α,β-unsaturated/α-hetero) is 1. The highest BCUT2D eigenvalue weighted by atomic mass is 35.5. The Morgan fingerprint density at radius 3 is 2.50 bits per heavy atom. The van der Waals surface area contributed by atoms with Gasteiger partial charge in [0.05, 0.1) is 0 Å². The number of carbonyl (C=O) groups is 2. The van der Waals surface area contributed by atoms with Gasteiger partial charge in [0.1, 0.15) is 0 Å². The summed E-state index contributed by atoms with van der Waals surface area (Å²) in [4.78, 5) is 23.9. The van der Waals surface area contributed by atoms with Crippen LogP contribution in [0, 0.1) is 17.6 Å². The lowest BCUT2D eigenvalue weighted by molar-refractivity contribution is -0.122. The molecule has 2 unspecified atom stereocenters. The van der Waals surface area contributed by atoms with Crippen LogP contribution in [0.3, 0.4) is 0 Å². The fraction of sp³-hybridized carbons (Fsp3) is 0.529. The average Bonchev–Trinajstić information content (AvgIpc) is 2.55. The fourth-order valence-electron chi connectivity index (χ4n) is 3.00. The first-order valence-corrected chi connectivity index (χ1v) is 7.99. The van der Waals surface area contributed by atoms with Gasteiger partial charge in [-0.25, -0.2) is 8.78 Å². The third-order valence-corrected chi connectivity index (χ3v) is 4.38. The molecule has 24 heavy (non-hydrogen) atoms. The highest BCUT2D eigenvalue weighted by Crippen LogP contribution is 2.23. The van der Waals surface area contributed by atoms with Gasteiger partial charge >= 0.3 is 0 Å². The largest absolute Gasteiger partial charge is 0.353 e. The number of rotatable bonds is 6. The van der Waals surface area contributed by atoms with Crippen molar-refractivity contribution in [2.75, 3.05) is 6.54 Å². The minimum Gasteiger partial charge on any atom is -0.353 e. The molecule has 1 aromatic rings. The molecule has 3 N–H and O–H groups in total. The summed E-state index contributed by atoms with van der Waals surface area (Å²) in [6.07, 6.45) is 4.11. The Balaban J connectivity index is 0.00000288. The lowest BCUT2D eigenvalue weighted by Gasteiger charge is -2.31. The second-order valence-electron chi connectivity index (χ2n) is 6.01. The van der Waals surface area contributed by atoms with E-state index in [2.05, 4.69) is 5.32 Å². The molecule has 1 saturated carbocycles. The molecule has 0 aromatic heterocycles. The summed E-state index contributed by atoms with van der Waals surface area (Å²) in [6, 6.07) is 3.07. The van der Waals surface area contributed by atoms with E-state index in [0.29, 0.717) is 6.54 Å². The minimum atomic E-state index is -1.06. The minimum absolute atomic E-state index is 0. The van der Waals surface area contributed by atoms with Crippen LogP contribution in [0.5, 0.6) is 0 Å². The fourth-order valence-corrected chi connectivity index (χ4v) is 3.00. The van der Waals surface area contributed by atoms with Crippen LogP contribution in [0.1, 0.15) is 48.9 Å². The van der Waals surface area contributed by atoms with E-state index in [4.69, 9.17) is 5.73 Å². The smallest absolute Gasteiger partial charge is 0.220 e. The molecule has 134 valence electrons. The first kappa shape index (κ1) is 20.5. The first-order valence-electron chi connectivity index (χ1n) is 7.99. The van der Waals surface area contributed by atoms with Crippen LogP contribution >= 0.6 is 12.4 Å². The van der Waals surface area contributed by atoms with Crippen LogP contribution in [0.15, 0.2) is 18.2 Å². The van der Waals surface area contributed by atoms with Gasteiger partial charge in [-0.15, -0.1) is 12.4 Å². The van der Waals surface area contributed by atoms with Crippen molar-refractivity contribution in [2.24, 2.45) is 11.7 Å². The van der Waals surface area contributed by atoms with Gasteiger partial charge in [-0.05, 0) is 43.5 Å². The highest BCUT2D eigenvalue weighted by molar-refractivity contribution is 5.97. The summed E-state index contributed by atoms with van der Waals surface area (Å²) in [5.41, 5.74) is 5.80. The van der Waals surface area contributed by atoms with E-state index in [-0.39, 0.29) is 54.5 Å². The number of carbonyl (C=O) groups excluding carboxylic acids is 2. The van der Waals surface area contributed by atoms with Crippen molar-refractivity contribution >= 4 is 24.1 Å². The molecule has 0 aliphatic heterocycles. The summed E-state index contributed by atoms with van der Waals surface area (Å²) in [7, 11) is 0. The Hall–Kier alpha value is -1.53. The quantitative estimate of drug-likeness (QED) is 0.766. The van der Waals surface area contributed by atoms with E-state index in [1.54, 1.807) is 0 Å². The summed E-state index contributed by atoms with van der Waals surface area (Å²) in [5.74, 6) is -2.35. The number of hydrogen-bond donors (Lipinski definition) is 2. The van der Waals surface area contributed by atoms with Gasteiger partial charge in [0.25, 0.3) is 0 Å². The predicted molar refractivity (Wildman–Crippen MR) is 90.1 cm³/mol. The van der Waals surface area contributed by atoms with Crippen molar-refractivity contribution in [3.05, 3.63) is 35.4 Å². The molecule has 2 atom stereocenters. The molecular formula is C17H23ClF2N2O2. The molecule has 7 heteroatoms. The second-order valence-corrected chi connectivity index (χ2v) is 6.01. The normalized spacial score (nSPS) is 20.1. The maximum Gasteiger partial charge on any atom is 0.220 e. The van der Waals surface area contributed by atoms with Gasteiger partial charge in [-0.1, -0.05) is 12.8 Å². The van der Waals surface area contributed by atoms with Crippen LogP contribution in [0.2, 0.25) is 0 Å². The molecule has 1 fully saturated rings. The molecule has 1 aliphatic rings. The number of nitrogens with two attached hydrogens (primary N) is 1. The molecule has 4 nitrogen and oxygen atoms in total. The van der Waals surface area contributed by atoms with Crippen LogP contribution in [0.25, 0.3) is 0 Å². The molecule has 0 bridgehead atoms. The van der Waals surface area contributed by atoms with Crippen molar-refractivity contribution in [1.82, 2.24) is 5.32 Å². The molecule has 2 rings (SSSR count). The van der Waals surface area contributed by atoms with Gasteiger partial charge in [0.2, 0.25) is 5.91 Å². The predicted octanol–water partition coefficient (Wildman–Crippen LogP) is 2.98. The van der Waals surface area contributed by atoms with Gasteiger partial charge in [0, 0.05) is 24.4 Å². The third-order valence-electron chi connectivity index (χ3n) is 4.38. The van der Waals surface area contributed by atoms with Gasteiger partial charge in [-0.3, -0.25) is 9.59 Å². The maximum absolute atomic E-state index is 13.1. The highest BCUT2D eigenvalue weighted by Gasteiger charge is 2.25. The zero-order valence-electron chi connectivity index (χ0n) is 13.4. The molecule has 1 aliphatic carbocycles. The topological polar surface area (TPSA) is 72.2 Å². The maximum atomic E-state index is 13.1. The SMILES string of the molecule is Cl.NCC1CCCCC1NC(=O)CCC(=O)c1ccc(F)c(F)c1. The number of benzene rings is 1. The lowest BCUT2D eigenvalue weighted by Crippen LogP contribution is -2.44. The van der Waals surface area contributed by atoms with Crippen molar-refractivity contribution in [1.29, 1.82) is 0 Å². The van der Waals surface area contributed by atoms with Crippen molar-refractivity contribution in [2.45, 2.75) is 44.6 Å². The Kier molecular flexibility index (Phi) is 8.28. The summed E-state index contributed by atoms with van der Waals surface area (Å²) in [5, 5.41) is 2.94. The van der Waals surface area contributed by atoms with Crippen LogP contribution in [-0.4, -0.2) is 24.3 Å². The third kappa shape index (κ3) is 5.53. The zero-order valence-corrected chi connectivity index (χ0v) is 14.2. The number of halogens is 3. The van der Waals surface area contributed by atoms with E-state index in [1.807, 2.05) is 0 Å². The van der Waals surface area contributed by atoms with Crippen LogP contribution in [-0.2, 0) is 4.79 Å². The average molecular weight is 361 g/mol. The van der Waals surface area contributed by atoms with E-state index < -0.39 is 11.6 Å². The molecular weight excluding hydrogens is 338 g/mol. The number of hydrogen-bond acceptors (Lipinski definition) is 3. The molecule has 1 aromatic carbocycles. The van der Waals surface area contributed by atoms with Crippen molar-refractivity contribution < 1.29 is 18.4 Å². The van der Waals surface area contributed by atoms with E-state index >= 15 is 0 Å². The number of nitrogens with one attached hydrogen (secondary N) is 1. The summed E-state index contributed by atoms with van der Waals surface area (Å²) < 4.78 is 26.0. The van der Waals surface area contributed by atoms with Crippen molar-refractivity contribution in [3.63, 3.8) is 0 Å². The van der Waals surface area contributed by atoms with E-state index in [1.165, 1.54) is 6.07 Å². The Bertz CT molecular complexity index is 584. The van der Waals surface area contributed by atoms with Gasteiger partial charge < -0.3 is 11.1 Å². The molecule has 1 amide bonds. The number of amides is 1. The summed E-state index contributed by atoms with van der Waals surface area (Å²) >= 11 is 0. The van der Waals surface area contributed by atoms with Crippen molar-refractivity contribution in [3.8, 4) is 0 Å². The summed E-state index contributed by atoms with van der Waals surface area (Å²) in [6.45, 7) is 0.540. The second kappa shape index (κ2) is 9.69. The molecule has 0 spiro atoms. The molecule has 0 radical (unpaired) electrons. The monoisotopic (exact) mass is 360 g/mol. The van der Waals surface area contributed by atoms with Crippen LogP contribution < -0.4 is 11.1 Å². The van der Waals surface area contributed by atoms with Crippen LogP contribution in [0.4, 0.5) is 8.78 Å². The zero-order chi connectivity index (χ0) is 16.8. The van der Waals surface area contributed by atoms with Gasteiger partial charge in [-0.2, -0.15) is 0 Å². The molecule has 0 saturated heterocycles. The van der Waals surface area contributed by atoms with Gasteiger partial charge in [0.15, 0.2) is 17.4 Å². The number of ketones is 1. The Labute approximate surface area is 146 Å². The standard InChI is InChI=1S/C17H22F2N2O2.ClH/c18-13-6-5-11(9-14(13)19)16(22)7-8-17(23)21-15-4-2-1-3-12(15)10-20;/h5-6,9,12,15H,1-4,7-8,10,20H2,(H,21,23);1H. The molecule has 0 heterocycles.